The van der Waals surface area contributed by atoms with Crippen molar-refractivity contribution in [1.82, 2.24) is 9.62 Å². The van der Waals surface area contributed by atoms with Gasteiger partial charge < -0.3 is 5.32 Å². The van der Waals surface area contributed by atoms with Crippen LogP contribution in [-0.4, -0.2) is 31.7 Å². The Morgan fingerprint density at radius 1 is 1.17 bits per heavy atom. The van der Waals surface area contributed by atoms with Crippen LogP contribution in [0.3, 0.4) is 0 Å². The van der Waals surface area contributed by atoms with Crippen LogP contribution in [0, 0.1) is 5.92 Å². The van der Waals surface area contributed by atoms with E-state index < -0.39 is 16.1 Å². The molecule has 2 aromatic carbocycles. The van der Waals surface area contributed by atoms with Crippen LogP contribution in [-0.2, 0) is 21.2 Å². The third-order valence-electron chi connectivity index (χ3n) is 5.21. The minimum absolute atomic E-state index is 0.0991. The molecule has 3 rings (SSSR count). The van der Waals surface area contributed by atoms with Crippen LogP contribution < -0.4 is 5.32 Å². The normalized spacial score (nSPS) is 17.2. The summed E-state index contributed by atoms with van der Waals surface area (Å²) in [4.78, 5) is 12.8. The van der Waals surface area contributed by atoms with Gasteiger partial charge in [0.1, 0.15) is 0 Å². The second-order valence-electron chi connectivity index (χ2n) is 7.77. The number of fused-ring (bicyclic) bond motifs is 1. The van der Waals surface area contributed by atoms with Gasteiger partial charge in [-0.25, -0.2) is 8.42 Å². The maximum atomic E-state index is 13.4. The molecule has 1 unspecified atom stereocenters. The van der Waals surface area contributed by atoms with Crippen molar-refractivity contribution in [3.05, 3.63) is 64.7 Å². The van der Waals surface area contributed by atoms with Gasteiger partial charge in [-0.05, 0) is 54.2 Å². The molecular weight excluding hydrogens is 408 g/mol. The number of carbonyl (C=O) groups excluding carboxylic acids is 1. The van der Waals surface area contributed by atoms with E-state index in [-0.39, 0.29) is 17.2 Å². The third-order valence-corrected chi connectivity index (χ3v) is 7.38. The Morgan fingerprint density at radius 3 is 2.55 bits per heavy atom. The van der Waals surface area contributed by atoms with E-state index in [0.717, 1.165) is 17.5 Å². The van der Waals surface area contributed by atoms with Crippen LogP contribution in [0.4, 0.5) is 0 Å². The zero-order chi connectivity index (χ0) is 21.0. The fraction of sp³-hybridized carbons (Fsp3) is 0.409. The highest BCUT2D eigenvalue weighted by Gasteiger charge is 2.37. The number of halogens is 1. The lowest BCUT2D eigenvalue weighted by Crippen LogP contribution is -2.42. The maximum absolute atomic E-state index is 13.4. The number of nitrogens with one attached hydrogen (secondary N) is 1. The molecule has 1 heterocycles. The summed E-state index contributed by atoms with van der Waals surface area (Å²) in [6, 6.07) is 13.4. The van der Waals surface area contributed by atoms with E-state index >= 15 is 0 Å². The highest BCUT2D eigenvalue weighted by molar-refractivity contribution is 7.89. The van der Waals surface area contributed by atoms with Gasteiger partial charge in [0.15, 0.2) is 0 Å². The molecule has 1 atom stereocenters. The number of benzene rings is 2. The molecule has 1 aliphatic heterocycles. The summed E-state index contributed by atoms with van der Waals surface area (Å²) in [6.45, 7) is 5.13. The Bertz CT molecular complexity index is 958. The summed E-state index contributed by atoms with van der Waals surface area (Å²) >= 11 is 5.92. The van der Waals surface area contributed by atoms with Gasteiger partial charge in [-0.3, -0.25) is 4.79 Å². The van der Waals surface area contributed by atoms with Gasteiger partial charge in [0, 0.05) is 24.5 Å². The number of sulfonamides is 1. The molecule has 5 nitrogen and oxygen atoms in total. The second-order valence-corrected chi connectivity index (χ2v) is 10.1. The summed E-state index contributed by atoms with van der Waals surface area (Å²) in [7, 11) is -3.76. The molecule has 0 radical (unpaired) electrons. The second kappa shape index (κ2) is 9.28. The summed E-state index contributed by atoms with van der Waals surface area (Å²) < 4.78 is 28.2. The number of nitrogens with zero attached hydrogens (tertiary/aromatic N) is 1. The van der Waals surface area contributed by atoms with E-state index in [0.29, 0.717) is 30.5 Å². The Hall–Kier alpha value is -1.89. The summed E-state index contributed by atoms with van der Waals surface area (Å²) in [5.74, 6) is 0.358. The summed E-state index contributed by atoms with van der Waals surface area (Å²) in [5, 5.41) is 3.41. The Morgan fingerprint density at radius 2 is 1.86 bits per heavy atom. The molecule has 1 amide bonds. The van der Waals surface area contributed by atoms with Gasteiger partial charge >= 0.3 is 0 Å². The van der Waals surface area contributed by atoms with Crippen molar-refractivity contribution in [3.8, 4) is 0 Å². The van der Waals surface area contributed by atoms with E-state index in [1.165, 1.54) is 16.4 Å². The average Bonchev–Trinajstić information content (AvgIpc) is 2.68. The zero-order valence-electron chi connectivity index (χ0n) is 16.8. The lowest BCUT2D eigenvalue weighted by molar-refractivity contribution is -0.122. The van der Waals surface area contributed by atoms with Crippen molar-refractivity contribution in [3.63, 3.8) is 0 Å². The van der Waals surface area contributed by atoms with Crippen LogP contribution in [0.25, 0.3) is 0 Å². The third kappa shape index (κ3) is 5.18. The van der Waals surface area contributed by atoms with Crippen LogP contribution in [0.2, 0.25) is 5.02 Å². The molecule has 0 aliphatic carbocycles. The first kappa shape index (κ1) is 21.8. The van der Waals surface area contributed by atoms with E-state index in [1.807, 2.05) is 24.3 Å². The molecule has 0 fully saturated rings. The number of hydrogen-bond acceptors (Lipinski definition) is 3. The molecule has 7 heteroatoms. The fourth-order valence-electron chi connectivity index (χ4n) is 3.62. The van der Waals surface area contributed by atoms with Crippen molar-refractivity contribution in [2.24, 2.45) is 5.92 Å². The minimum Gasteiger partial charge on any atom is -0.356 e. The van der Waals surface area contributed by atoms with Crippen molar-refractivity contribution >= 4 is 27.5 Å². The van der Waals surface area contributed by atoms with E-state index in [1.54, 1.807) is 12.1 Å². The van der Waals surface area contributed by atoms with Crippen LogP contribution in [0.1, 0.15) is 43.9 Å². The first-order valence-corrected chi connectivity index (χ1v) is 11.7. The molecule has 0 saturated heterocycles. The number of rotatable bonds is 7. The SMILES string of the molecule is CC(C)CCNC(=O)CC1c2ccccc2CCN1S(=O)(=O)c1ccc(Cl)cc1. The molecule has 0 bridgehead atoms. The predicted octanol–water partition coefficient (Wildman–Crippen LogP) is 4.18. The average molecular weight is 435 g/mol. The van der Waals surface area contributed by atoms with E-state index in [4.69, 9.17) is 11.6 Å². The molecule has 1 aliphatic rings. The van der Waals surface area contributed by atoms with Crippen LogP contribution >= 0.6 is 11.6 Å². The number of amides is 1. The predicted molar refractivity (Wildman–Crippen MR) is 115 cm³/mol. The highest BCUT2D eigenvalue weighted by atomic mass is 35.5. The molecule has 0 aromatic heterocycles. The minimum atomic E-state index is -3.76. The Kier molecular flexibility index (Phi) is 6.98. The highest BCUT2D eigenvalue weighted by Crippen LogP contribution is 2.36. The lowest BCUT2D eigenvalue weighted by atomic mass is 9.92. The van der Waals surface area contributed by atoms with Gasteiger partial charge in [0.25, 0.3) is 0 Å². The largest absolute Gasteiger partial charge is 0.356 e. The standard InChI is InChI=1S/C22H27ClN2O3S/c1-16(2)11-13-24-22(26)15-21-20-6-4-3-5-17(20)12-14-25(21)29(27,28)19-9-7-18(23)8-10-19/h3-10,16,21H,11-15H2,1-2H3,(H,24,26). The Labute approximate surface area is 178 Å². The van der Waals surface area contributed by atoms with Gasteiger partial charge in [-0.15, -0.1) is 0 Å². The van der Waals surface area contributed by atoms with Crippen molar-refractivity contribution < 1.29 is 13.2 Å². The topological polar surface area (TPSA) is 66.5 Å². The van der Waals surface area contributed by atoms with Gasteiger partial charge in [-0.1, -0.05) is 49.7 Å². The number of carbonyl (C=O) groups is 1. The molecule has 1 N–H and O–H groups in total. The maximum Gasteiger partial charge on any atom is 0.243 e. The van der Waals surface area contributed by atoms with E-state index in [2.05, 4.69) is 19.2 Å². The van der Waals surface area contributed by atoms with Gasteiger partial charge in [0.05, 0.1) is 10.9 Å². The molecule has 0 saturated carbocycles. The monoisotopic (exact) mass is 434 g/mol. The van der Waals surface area contributed by atoms with Crippen LogP contribution in [0.15, 0.2) is 53.4 Å². The quantitative estimate of drug-likeness (QED) is 0.710. The summed E-state index contributed by atoms with van der Waals surface area (Å²) in [6.07, 6.45) is 1.61. The molecule has 156 valence electrons. The first-order valence-electron chi connectivity index (χ1n) is 9.91. The molecule has 0 spiro atoms. The smallest absolute Gasteiger partial charge is 0.243 e. The van der Waals surface area contributed by atoms with Crippen molar-refractivity contribution in [2.75, 3.05) is 13.1 Å². The van der Waals surface area contributed by atoms with Crippen molar-refractivity contribution in [2.45, 2.75) is 44.0 Å². The fourth-order valence-corrected chi connectivity index (χ4v) is 5.35. The van der Waals surface area contributed by atoms with Gasteiger partial charge in [-0.2, -0.15) is 4.31 Å². The van der Waals surface area contributed by atoms with E-state index in [9.17, 15) is 13.2 Å². The van der Waals surface area contributed by atoms with Gasteiger partial charge in [0.2, 0.25) is 15.9 Å². The zero-order valence-corrected chi connectivity index (χ0v) is 18.3. The molecular formula is C22H27ClN2O3S. The van der Waals surface area contributed by atoms with Crippen molar-refractivity contribution in [1.29, 1.82) is 0 Å². The van der Waals surface area contributed by atoms with Crippen LogP contribution in [0.5, 0.6) is 0 Å². The lowest BCUT2D eigenvalue weighted by Gasteiger charge is -2.36. The summed E-state index contributed by atoms with van der Waals surface area (Å²) in [5.41, 5.74) is 1.99. The number of hydrogen-bond donors (Lipinski definition) is 1. The first-order chi connectivity index (χ1) is 13.8. The molecule has 2 aromatic rings. The Balaban J connectivity index is 1.89. The molecule has 29 heavy (non-hydrogen) atoms.